The van der Waals surface area contributed by atoms with E-state index in [0.717, 1.165) is 29.7 Å². The van der Waals surface area contributed by atoms with E-state index < -0.39 is 5.41 Å². The molecule has 126 valence electrons. The van der Waals surface area contributed by atoms with Gasteiger partial charge in [-0.3, -0.25) is 4.79 Å². The van der Waals surface area contributed by atoms with E-state index in [-0.39, 0.29) is 5.97 Å². The molecule has 0 fully saturated rings. The fourth-order valence-corrected chi connectivity index (χ4v) is 3.75. The number of carbonyl (C=O) groups is 1. The molecule has 1 aliphatic rings. The van der Waals surface area contributed by atoms with Gasteiger partial charge in [0.1, 0.15) is 11.2 Å². The zero-order valence-electron chi connectivity index (χ0n) is 14.5. The van der Waals surface area contributed by atoms with E-state index in [4.69, 9.17) is 4.74 Å². The first-order valence-electron chi connectivity index (χ1n) is 9.16. The Bertz CT molecular complexity index is 677. The quantitative estimate of drug-likeness (QED) is 0.357. The number of hydrogen-bond donors (Lipinski definition) is 0. The van der Waals surface area contributed by atoms with Gasteiger partial charge in [0.2, 0.25) is 0 Å². The summed E-state index contributed by atoms with van der Waals surface area (Å²) in [5.74, 6) is 0.598. The summed E-state index contributed by atoms with van der Waals surface area (Å²) in [5, 5.41) is 0. The van der Waals surface area contributed by atoms with Crippen LogP contribution in [0.25, 0.3) is 0 Å². The lowest BCUT2D eigenvalue weighted by Crippen LogP contribution is -2.35. The Balaban J connectivity index is 1.85. The van der Waals surface area contributed by atoms with Crippen LogP contribution < -0.4 is 4.74 Å². The highest BCUT2D eigenvalue weighted by Gasteiger charge is 2.49. The molecule has 0 spiro atoms. The molecule has 0 aliphatic carbocycles. The second-order valence-corrected chi connectivity index (χ2v) is 6.67. The molecule has 0 aromatic heterocycles. The lowest BCUT2D eigenvalue weighted by atomic mass is 9.72. The molecule has 0 saturated heterocycles. The van der Waals surface area contributed by atoms with Crippen LogP contribution in [0.5, 0.6) is 5.75 Å². The van der Waals surface area contributed by atoms with Crippen LogP contribution in [0.1, 0.15) is 63.0 Å². The third kappa shape index (κ3) is 3.10. The number of para-hydroxylation sites is 1. The van der Waals surface area contributed by atoms with Crippen LogP contribution in [0.2, 0.25) is 0 Å². The summed E-state index contributed by atoms with van der Waals surface area (Å²) in [7, 11) is 0. The number of rotatable bonds is 8. The van der Waals surface area contributed by atoms with Crippen molar-refractivity contribution in [1.29, 1.82) is 0 Å². The Kier molecular flexibility index (Phi) is 5.34. The zero-order valence-corrected chi connectivity index (χ0v) is 14.5. The van der Waals surface area contributed by atoms with Crippen LogP contribution in [0.4, 0.5) is 0 Å². The molecule has 0 N–H and O–H groups in total. The van der Waals surface area contributed by atoms with Gasteiger partial charge in [-0.25, -0.2) is 0 Å². The van der Waals surface area contributed by atoms with Crippen LogP contribution in [0.3, 0.4) is 0 Å². The third-order valence-corrected chi connectivity index (χ3v) is 5.07. The maximum Gasteiger partial charge on any atom is 0.326 e. The van der Waals surface area contributed by atoms with Gasteiger partial charge < -0.3 is 4.74 Å². The fourth-order valence-electron chi connectivity index (χ4n) is 3.75. The van der Waals surface area contributed by atoms with E-state index >= 15 is 0 Å². The maximum absolute atomic E-state index is 12.9. The molecular formula is C22H26O2. The van der Waals surface area contributed by atoms with E-state index in [1.54, 1.807) is 0 Å². The molecule has 2 nitrogen and oxygen atoms in total. The van der Waals surface area contributed by atoms with E-state index in [2.05, 4.69) is 19.1 Å². The van der Waals surface area contributed by atoms with Gasteiger partial charge in [-0.15, -0.1) is 0 Å². The molecule has 0 saturated carbocycles. The van der Waals surface area contributed by atoms with Gasteiger partial charge in [0.05, 0.1) is 0 Å². The monoisotopic (exact) mass is 322 g/mol. The van der Waals surface area contributed by atoms with Gasteiger partial charge in [0.15, 0.2) is 0 Å². The Hall–Kier alpha value is -2.09. The van der Waals surface area contributed by atoms with E-state index in [1.165, 1.54) is 32.1 Å². The number of ether oxygens (including phenoxy) is 1. The second kappa shape index (κ2) is 7.65. The van der Waals surface area contributed by atoms with Crippen molar-refractivity contribution in [3.63, 3.8) is 0 Å². The molecule has 3 rings (SSSR count). The first-order chi connectivity index (χ1) is 11.8. The standard InChI is InChI=1S/C22H26O2/c1-2-3-4-5-6-12-17-22(18-13-8-7-9-14-18)19-15-10-11-16-20(19)24-21(22)23/h7-11,13-16H,2-6,12,17H2,1H3. The lowest BCUT2D eigenvalue weighted by Gasteiger charge is -2.26. The first kappa shape index (κ1) is 16.8. The van der Waals surface area contributed by atoms with Crippen molar-refractivity contribution in [1.82, 2.24) is 0 Å². The largest absolute Gasteiger partial charge is 0.425 e. The minimum absolute atomic E-state index is 0.122. The third-order valence-electron chi connectivity index (χ3n) is 5.07. The van der Waals surface area contributed by atoms with E-state index in [1.807, 2.05) is 42.5 Å². The Morgan fingerprint density at radius 1 is 0.833 bits per heavy atom. The number of hydrogen-bond acceptors (Lipinski definition) is 2. The summed E-state index contributed by atoms with van der Waals surface area (Å²) in [6, 6.07) is 18.0. The normalized spacial score (nSPS) is 19.1. The topological polar surface area (TPSA) is 26.3 Å². The number of carbonyl (C=O) groups excluding carboxylic acids is 1. The number of benzene rings is 2. The molecule has 0 amide bonds. The molecule has 2 heteroatoms. The number of unbranched alkanes of at least 4 members (excludes halogenated alkanes) is 5. The predicted molar refractivity (Wildman–Crippen MR) is 97.3 cm³/mol. The van der Waals surface area contributed by atoms with Gasteiger partial charge in [-0.2, -0.15) is 0 Å². The van der Waals surface area contributed by atoms with E-state index in [9.17, 15) is 4.79 Å². The summed E-state index contributed by atoms with van der Waals surface area (Å²) >= 11 is 0. The summed E-state index contributed by atoms with van der Waals surface area (Å²) in [6.45, 7) is 2.23. The van der Waals surface area contributed by atoms with Crippen molar-refractivity contribution in [2.45, 2.75) is 57.3 Å². The van der Waals surface area contributed by atoms with E-state index in [0.29, 0.717) is 0 Å². The highest BCUT2D eigenvalue weighted by atomic mass is 16.5. The molecule has 1 unspecified atom stereocenters. The van der Waals surface area contributed by atoms with Crippen molar-refractivity contribution in [2.24, 2.45) is 0 Å². The molecule has 1 atom stereocenters. The van der Waals surface area contributed by atoms with Crippen LogP contribution >= 0.6 is 0 Å². The molecule has 1 heterocycles. The highest BCUT2D eigenvalue weighted by Crippen LogP contribution is 2.47. The fraction of sp³-hybridized carbons (Fsp3) is 0.409. The smallest absolute Gasteiger partial charge is 0.326 e. The van der Waals surface area contributed by atoms with Crippen LogP contribution in [-0.2, 0) is 10.2 Å². The van der Waals surface area contributed by atoms with Crippen molar-refractivity contribution in [3.8, 4) is 5.75 Å². The molecule has 2 aromatic carbocycles. The average molecular weight is 322 g/mol. The van der Waals surface area contributed by atoms with Gasteiger partial charge in [-0.05, 0) is 18.1 Å². The summed E-state index contributed by atoms with van der Waals surface area (Å²) in [5.41, 5.74) is 1.44. The molecule has 2 aromatic rings. The van der Waals surface area contributed by atoms with Crippen LogP contribution in [0.15, 0.2) is 54.6 Å². The Morgan fingerprint density at radius 3 is 2.29 bits per heavy atom. The van der Waals surface area contributed by atoms with Crippen molar-refractivity contribution < 1.29 is 9.53 Å². The van der Waals surface area contributed by atoms with Crippen LogP contribution in [-0.4, -0.2) is 5.97 Å². The maximum atomic E-state index is 12.9. The summed E-state index contributed by atoms with van der Waals surface area (Å²) in [4.78, 5) is 12.9. The van der Waals surface area contributed by atoms with Crippen molar-refractivity contribution in [2.75, 3.05) is 0 Å². The minimum Gasteiger partial charge on any atom is -0.425 e. The van der Waals surface area contributed by atoms with Gasteiger partial charge in [0, 0.05) is 5.56 Å². The van der Waals surface area contributed by atoms with Crippen LogP contribution in [0, 0.1) is 0 Å². The molecule has 0 radical (unpaired) electrons. The van der Waals surface area contributed by atoms with Crippen molar-refractivity contribution >= 4 is 5.97 Å². The first-order valence-corrected chi connectivity index (χ1v) is 9.16. The minimum atomic E-state index is -0.636. The lowest BCUT2D eigenvalue weighted by molar-refractivity contribution is -0.137. The second-order valence-electron chi connectivity index (χ2n) is 6.67. The molecule has 1 aliphatic heterocycles. The Labute approximate surface area is 144 Å². The highest BCUT2D eigenvalue weighted by molar-refractivity contribution is 5.94. The number of fused-ring (bicyclic) bond motifs is 1. The van der Waals surface area contributed by atoms with Gasteiger partial charge in [0.25, 0.3) is 0 Å². The van der Waals surface area contributed by atoms with Crippen molar-refractivity contribution in [3.05, 3.63) is 65.7 Å². The molecule has 24 heavy (non-hydrogen) atoms. The summed E-state index contributed by atoms with van der Waals surface area (Å²) < 4.78 is 5.63. The predicted octanol–water partition coefficient (Wildman–Crippen LogP) is 5.64. The molecular weight excluding hydrogens is 296 g/mol. The molecule has 0 bridgehead atoms. The van der Waals surface area contributed by atoms with Gasteiger partial charge >= 0.3 is 5.97 Å². The average Bonchev–Trinajstić information content (AvgIpc) is 2.91. The van der Waals surface area contributed by atoms with Gasteiger partial charge in [-0.1, -0.05) is 94.0 Å². The number of esters is 1. The summed E-state index contributed by atoms with van der Waals surface area (Å²) in [6.07, 6.45) is 8.12. The zero-order chi connectivity index (χ0) is 16.8. The Morgan fingerprint density at radius 2 is 1.50 bits per heavy atom. The SMILES string of the molecule is CCCCCCCCC1(c2ccccc2)C(=O)Oc2ccccc21.